The molecule has 2 fully saturated rings. The minimum absolute atomic E-state index is 0.259. The summed E-state index contributed by atoms with van der Waals surface area (Å²) in [6, 6.07) is 6.32. The maximum atomic E-state index is 9.88. The topological polar surface area (TPSA) is 102 Å². The second kappa shape index (κ2) is 7.16. The number of imidazole rings is 1. The second-order valence-corrected chi connectivity index (χ2v) is 8.54. The third-order valence-electron chi connectivity index (χ3n) is 6.24. The zero-order valence-electron chi connectivity index (χ0n) is 16.1. The van der Waals surface area contributed by atoms with Crippen LogP contribution in [0.1, 0.15) is 29.3 Å². The van der Waals surface area contributed by atoms with Crippen LogP contribution in [0.5, 0.6) is 6.01 Å². The first-order valence-electron chi connectivity index (χ1n) is 10.2. The summed E-state index contributed by atoms with van der Waals surface area (Å²) in [5, 5.41) is 10.5. The molecule has 3 aromatic heterocycles. The highest BCUT2D eigenvalue weighted by atomic mass is 35.5. The molecule has 30 heavy (non-hydrogen) atoms. The van der Waals surface area contributed by atoms with Crippen molar-refractivity contribution >= 4 is 22.8 Å². The zero-order chi connectivity index (χ0) is 20.2. The van der Waals surface area contributed by atoms with Crippen molar-refractivity contribution in [1.29, 1.82) is 0 Å². The van der Waals surface area contributed by atoms with E-state index < -0.39 is 6.10 Å². The monoisotopic (exact) mass is 428 g/mol. The number of aliphatic hydroxyl groups is 1. The van der Waals surface area contributed by atoms with Crippen LogP contribution in [0.25, 0.3) is 11.2 Å². The molecule has 3 aliphatic rings. The Labute approximate surface area is 177 Å². The lowest BCUT2D eigenvalue weighted by atomic mass is 10.00. The molecule has 5 atom stereocenters. The fourth-order valence-corrected chi connectivity index (χ4v) is 4.98. The molecule has 2 saturated heterocycles. The Morgan fingerprint density at radius 2 is 2.13 bits per heavy atom. The minimum atomic E-state index is -0.613. The zero-order valence-corrected chi connectivity index (χ0v) is 16.9. The molecule has 0 amide bonds. The van der Waals surface area contributed by atoms with Gasteiger partial charge in [0, 0.05) is 17.8 Å². The fraction of sp³-hybridized carbons (Fsp3) is 0.476. The summed E-state index contributed by atoms with van der Waals surface area (Å²) in [7, 11) is 0. The van der Waals surface area contributed by atoms with Gasteiger partial charge in [0.15, 0.2) is 11.8 Å². The van der Waals surface area contributed by atoms with Gasteiger partial charge in [-0.2, -0.15) is 4.98 Å². The van der Waals surface area contributed by atoms with Crippen molar-refractivity contribution < 1.29 is 19.3 Å². The highest BCUT2D eigenvalue weighted by molar-refractivity contribution is 6.31. The largest absolute Gasteiger partial charge is 0.456 e. The fourth-order valence-electron chi connectivity index (χ4n) is 4.75. The molecule has 6 rings (SSSR count). The Hall–Kier alpha value is -2.26. The van der Waals surface area contributed by atoms with E-state index in [1.54, 1.807) is 0 Å². The lowest BCUT2D eigenvalue weighted by Crippen LogP contribution is -2.34. The maximum absolute atomic E-state index is 9.88. The van der Waals surface area contributed by atoms with Crippen molar-refractivity contribution in [3.8, 4) is 6.01 Å². The van der Waals surface area contributed by atoms with Crippen molar-refractivity contribution in [2.24, 2.45) is 0 Å². The van der Waals surface area contributed by atoms with E-state index in [1.165, 1.54) is 5.56 Å². The number of ether oxygens (including phenoxy) is 3. The van der Waals surface area contributed by atoms with Gasteiger partial charge in [-0.1, -0.05) is 17.7 Å². The van der Waals surface area contributed by atoms with Crippen molar-refractivity contribution in [3.05, 3.63) is 46.4 Å². The summed E-state index contributed by atoms with van der Waals surface area (Å²) >= 11 is 6.54. The first kappa shape index (κ1) is 18.5. The third-order valence-corrected chi connectivity index (χ3v) is 6.56. The molecule has 2 aliphatic heterocycles. The van der Waals surface area contributed by atoms with E-state index in [0.717, 1.165) is 30.7 Å². The number of fused-ring (bicyclic) bond motifs is 3. The van der Waals surface area contributed by atoms with E-state index in [-0.39, 0.29) is 24.9 Å². The number of nitrogens with one attached hydrogen (secondary N) is 1. The molecule has 5 heterocycles. The summed E-state index contributed by atoms with van der Waals surface area (Å²) < 4.78 is 17.2. The Morgan fingerprint density at radius 1 is 1.23 bits per heavy atom. The van der Waals surface area contributed by atoms with Gasteiger partial charge in [-0.15, -0.1) is 0 Å². The van der Waals surface area contributed by atoms with E-state index in [9.17, 15) is 5.11 Å². The van der Waals surface area contributed by atoms with Gasteiger partial charge in [-0.25, -0.2) is 4.98 Å². The molecule has 0 saturated carbocycles. The smallest absolute Gasteiger partial charge is 0.296 e. The van der Waals surface area contributed by atoms with Crippen LogP contribution < -0.4 is 4.74 Å². The number of aliphatic hydroxyl groups excluding tert-OH is 1. The van der Waals surface area contributed by atoms with Gasteiger partial charge in [-0.3, -0.25) is 4.98 Å². The molecule has 0 spiro atoms. The standard InChI is InChI=1S/C21H21ClN4O4/c22-12-7-14-20(24-13(12)6-11-4-3-10-2-1-5-23-17(10)11)26-21(25-14)30-16-9-29-18-15(27)8-28-19(16)18/h1-2,5,7,11,15-16,18-19,27H,3-4,6,8-9H2,(H,24,25,26)/t11-,15+,16+,18+,19+/m0/s1. The predicted molar refractivity (Wildman–Crippen MR) is 108 cm³/mol. The second-order valence-electron chi connectivity index (χ2n) is 8.14. The Morgan fingerprint density at radius 3 is 3.07 bits per heavy atom. The Bertz CT molecular complexity index is 1110. The van der Waals surface area contributed by atoms with Gasteiger partial charge in [0.1, 0.15) is 18.3 Å². The summed E-state index contributed by atoms with van der Waals surface area (Å²) in [4.78, 5) is 16.9. The van der Waals surface area contributed by atoms with Gasteiger partial charge in [-0.05, 0) is 37.0 Å². The minimum Gasteiger partial charge on any atom is -0.456 e. The number of aromatic nitrogens is 4. The van der Waals surface area contributed by atoms with E-state index in [2.05, 4.69) is 21.0 Å². The Balaban J connectivity index is 1.23. The predicted octanol–water partition coefficient (Wildman–Crippen LogP) is 2.18. The highest BCUT2D eigenvalue weighted by Crippen LogP contribution is 2.35. The van der Waals surface area contributed by atoms with E-state index >= 15 is 0 Å². The Kier molecular flexibility index (Phi) is 4.42. The number of pyridine rings is 2. The number of hydrogen-bond acceptors (Lipinski definition) is 7. The van der Waals surface area contributed by atoms with Crippen molar-refractivity contribution in [2.75, 3.05) is 13.2 Å². The van der Waals surface area contributed by atoms with E-state index in [4.69, 9.17) is 30.8 Å². The number of rotatable bonds is 4. The van der Waals surface area contributed by atoms with Crippen LogP contribution in [0.3, 0.4) is 0 Å². The molecule has 9 heteroatoms. The first-order chi connectivity index (χ1) is 14.7. The van der Waals surface area contributed by atoms with Gasteiger partial charge in [0.05, 0.1) is 29.4 Å². The summed E-state index contributed by atoms with van der Waals surface area (Å²) in [5.41, 5.74) is 4.55. The van der Waals surface area contributed by atoms with Crippen LogP contribution in [0.2, 0.25) is 5.02 Å². The van der Waals surface area contributed by atoms with Crippen LogP contribution in [0.4, 0.5) is 0 Å². The van der Waals surface area contributed by atoms with E-state index in [1.807, 2.05) is 18.3 Å². The molecule has 8 nitrogen and oxygen atoms in total. The number of nitrogens with zero attached hydrogens (tertiary/aromatic N) is 3. The molecule has 0 bridgehead atoms. The third kappa shape index (κ3) is 3.06. The van der Waals surface area contributed by atoms with Crippen LogP contribution >= 0.6 is 11.6 Å². The SMILES string of the molecule is O[C@@H]1CO[C@H]2[C@@H]1OC[C@H]2Oc1nc2nc(C[C@@H]3CCc4cccnc43)c(Cl)cc2[nH]1. The highest BCUT2D eigenvalue weighted by Gasteiger charge is 2.48. The molecule has 1 aliphatic carbocycles. The summed E-state index contributed by atoms with van der Waals surface area (Å²) in [6.45, 7) is 0.603. The average molecular weight is 429 g/mol. The molecule has 2 N–H and O–H groups in total. The summed E-state index contributed by atoms with van der Waals surface area (Å²) in [6.07, 6.45) is 3.08. The number of aryl methyl sites for hydroxylation is 1. The van der Waals surface area contributed by atoms with Crippen molar-refractivity contribution in [1.82, 2.24) is 19.9 Å². The molecule has 3 aromatic rings. The first-order valence-corrected chi connectivity index (χ1v) is 10.6. The van der Waals surface area contributed by atoms with Crippen molar-refractivity contribution in [3.63, 3.8) is 0 Å². The molecule has 0 unspecified atom stereocenters. The van der Waals surface area contributed by atoms with Crippen LogP contribution in [-0.2, 0) is 22.3 Å². The van der Waals surface area contributed by atoms with Gasteiger partial charge in [0.25, 0.3) is 6.01 Å². The average Bonchev–Trinajstić information content (AvgIpc) is 3.49. The van der Waals surface area contributed by atoms with Gasteiger partial charge < -0.3 is 24.3 Å². The molecule has 0 radical (unpaired) electrons. The van der Waals surface area contributed by atoms with Crippen LogP contribution in [0.15, 0.2) is 24.4 Å². The quantitative estimate of drug-likeness (QED) is 0.656. The van der Waals surface area contributed by atoms with Crippen molar-refractivity contribution in [2.45, 2.75) is 49.6 Å². The summed E-state index contributed by atoms with van der Waals surface area (Å²) in [5.74, 6) is 0.317. The van der Waals surface area contributed by atoms with Crippen LogP contribution in [-0.4, -0.2) is 62.7 Å². The molecule has 0 aromatic carbocycles. The number of halogens is 1. The van der Waals surface area contributed by atoms with E-state index in [0.29, 0.717) is 34.7 Å². The number of hydrogen-bond donors (Lipinski definition) is 2. The number of H-pyrrole nitrogens is 1. The molecule has 156 valence electrons. The lowest BCUT2D eigenvalue weighted by molar-refractivity contribution is 0.00706. The normalized spacial score (nSPS) is 30.0. The van der Waals surface area contributed by atoms with Gasteiger partial charge in [0.2, 0.25) is 0 Å². The number of aromatic amines is 1. The maximum Gasteiger partial charge on any atom is 0.296 e. The lowest BCUT2D eigenvalue weighted by Gasteiger charge is -2.15. The van der Waals surface area contributed by atoms with Crippen LogP contribution in [0, 0.1) is 0 Å². The molecular formula is C21H21ClN4O4. The molecular weight excluding hydrogens is 408 g/mol. The van der Waals surface area contributed by atoms with Gasteiger partial charge >= 0.3 is 0 Å².